The second kappa shape index (κ2) is 7.62. The van der Waals surface area contributed by atoms with Gasteiger partial charge in [-0.2, -0.15) is 0 Å². The SMILES string of the molecule is C[C@@H]1COCCN1c1nc(-c2cccc3[nH]ccc23)nc2c(C3CCCNC3)noc12. The minimum absolute atomic E-state index is 0.202. The Labute approximate surface area is 180 Å². The molecule has 2 saturated heterocycles. The maximum atomic E-state index is 5.91. The molecule has 1 aromatic carbocycles. The van der Waals surface area contributed by atoms with Crippen LogP contribution >= 0.6 is 0 Å². The van der Waals surface area contributed by atoms with Gasteiger partial charge in [-0.25, -0.2) is 9.97 Å². The molecule has 2 fully saturated rings. The van der Waals surface area contributed by atoms with E-state index in [1.807, 2.05) is 12.3 Å². The highest BCUT2D eigenvalue weighted by Gasteiger charge is 2.30. The van der Waals surface area contributed by atoms with Crippen LogP contribution in [0.3, 0.4) is 0 Å². The molecule has 0 saturated carbocycles. The second-order valence-electron chi connectivity index (χ2n) is 8.52. The molecular formula is C23H26N6O2. The molecule has 3 aromatic heterocycles. The lowest BCUT2D eigenvalue weighted by molar-refractivity contribution is 0.0985. The average Bonchev–Trinajstić information content (AvgIpc) is 3.46. The van der Waals surface area contributed by atoms with Crippen LogP contribution < -0.4 is 10.2 Å². The Bertz CT molecular complexity index is 1230. The number of nitrogens with one attached hydrogen (secondary N) is 2. The monoisotopic (exact) mass is 418 g/mol. The molecule has 160 valence electrons. The highest BCUT2D eigenvalue weighted by molar-refractivity contribution is 5.95. The minimum atomic E-state index is 0.202. The lowest BCUT2D eigenvalue weighted by atomic mass is 9.95. The van der Waals surface area contributed by atoms with Gasteiger partial charge >= 0.3 is 0 Å². The van der Waals surface area contributed by atoms with Gasteiger partial charge in [0.1, 0.15) is 11.2 Å². The van der Waals surface area contributed by atoms with Gasteiger partial charge in [-0.05, 0) is 38.4 Å². The molecule has 5 heterocycles. The van der Waals surface area contributed by atoms with Gasteiger partial charge < -0.3 is 24.5 Å². The third kappa shape index (κ3) is 3.18. The number of aromatic amines is 1. The van der Waals surface area contributed by atoms with Crippen molar-refractivity contribution in [3.05, 3.63) is 36.2 Å². The summed E-state index contributed by atoms with van der Waals surface area (Å²) in [7, 11) is 0. The van der Waals surface area contributed by atoms with Gasteiger partial charge in [0.15, 0.2) is 11.6 Å². The number of H-pyrrole nitrogens is 1. The third-order valence-corrected chi connectivity index (χ3v) is 6.48. The van der Waals surface area contributed by atoms with E-state index in [4.69, 9.17) is 19.2 Å². The number of piperidine rings is 1. The van der Waals surface area contributed by atoms with Crippen molar-refractivity contribution < 1.29 is 9.26 Å². The van der Waals surface area contributed by atoms with Crippen molar-refractivity contribution in [2.24, 2.45) is 0 Å². The molecule has 8 nitrogen and oxygen atoms in total. The first-order valence-corrected chi connectivity index (χ1v) is 11.1. The van der Waals surface area contributed by atoms with Crippen LogP contribution in [0.15, 0.2) is 35.0 Å². The van der Waals surface area contributed by atoms with E-state index >= 15 is 0 Å². The Morgan fingerprint density at radius 3 is 3.03 bits per heavy atom. The van der Waals surface area contributed by atoms with E-state index in [9.17, 15) is 0 Å². The predicted octanol–water partition coefficient (Wildman–Crippen LogP) is 3.46. The molecule has 2 N–H and O–H groups in total. The number of anilines is 1. The van der Waals surface area contributed by atoms with Gasteiger partial charge in [0.05, 0.1) is 19.3 Å². The summed E-state index contributed by atoms with van der Waals surface area (Å²) in [4.78, 5) is 15.6. The zero-order valence-electron chi connectivity index (χ0n) is 17.6. The average molecular weight is 419 g/mol. The summed E-state index contributed by atoms with van der Waals surface area (Å²) >= 11 is 0. The molecule has 1 unspecified atom stereocenters. The van der Waals surface area contributed by atoms with Crippen LogP contribution in [0, 0.1) is 0 Å². The highest BCUT2D eigenvalue weighted by atomic mass is 16.5. The summed E-state index contributed by atoms with van der Waals surface area (Å²) in [5, 5.41) is 9.10. The molecule has 0 aliphatic carbocycles. The molecule has 0 bridgehead atoms. The number of benzene rings is 1. The summed E-state index contributed by atoms with van der Waals surface area (Å²) in [5.41, 5.74) is 4.54. The van der Waals surface area contributed by atoms with Crippen molar-refractivity contribution in [2.45, 2.75) is 31.7 Å². The van der Waals surface area contributed by atoms with Crippen molar-refractivity contribution in [1.82, 2.24) is 25.4 Å². The molecule has 31 heavy (non-hydrogen) atoms. The van der Waals surface area contributed by atoms with Gasteiger partial charge in [-0.1, -0.05) is 17.3 Å². The number of hydrogen-bond donors (Lipinski definition) is 2. The van der Waals surface area contributed by atoms with E-state index in [-0.39, 0.29) is 6.04 Å². The molecular weight excluding hydrogens is 392 g/mol. The first-order valence-electron chi connectivity index (χ1n) is 11.1. The number of fused-ring (bicyclic) bond motifs is 2. The van der Waals surface area contributed by atoms with E-state index in [1.54, 1.807) is 0 Å². The Morgan fingerprint density at radius 2 is 2.16 bits per heavy atom. The van der Waals surface area contributed by atoms with Crippen LogP contribution in [0.25, 0.3) is 33.4 Å². The van der Waals surface area contributed by atoms with Gasteiger partial charge in [0, 0.05) is 41.7 Å². The van der Waals surface area contributed by atoms with Gasteiger partial charge in [0.25, 0.3) is 0 Å². The fraction of sp³-hybridized carbons (Fsp3) is 0.435. The summed E-state index contributed by atoms with van der Waals surface area (Å²) in [6.45, 7) is 6.22. The Morgan fingerprint density at radius 1 is 1.19 bits per heavy atom. The fourth-order valence-electron chi connectivity index (χ4n) is 4.82. The fourth-order valence-corrected chi connectivity index (χ4v) is 4.82. The zero-order chi connectivity index (χ0) is 20.8. The number of morpholine rings is 1. The normalized spacial score (nSPS) is 22.4. The molecule has 2 aliphatic rings. The van der Waals surface area contributed by atoms with Crippen molar-refractivity contribution in [3.8, 4) is 11.4 Å². The topological polar surface area (TPSA) is 92.1 Å². The Hall–Kier alpha value is -2.97. The van der Waals surface area contributed by atoms with E-state index in [0.717, 1.165) is 66.0 Å². The van der Waals surface area contributed by atoms with Crippen LogP contribution in [-0.4, -0.2) is 59.0 Å². The smallest absolute Gasteiger partial charge is 0.228 e. The second-order valence-corrected chi connectivity index (χ2v) is 8.52. The Balaban J connectivity index is 1.57. The predicted molar refractivity (Wildman–Crippen MR) is 119 cm³/mol. The molecule has 6 rings (SSSR count). The maximum Gasteiger partial charge on any atom is 0.228 e. The van der Waals surface area contributed by atoms with Crippen LogP contribution in [-0.2, 0) is 4.74 Å². The summed E-state index contributed by atoms with van der Waals surface area (Å²) in [5.74, 6) is 1.82. The molecule has 4 aromatic rings. The van der Waals surface area contributed by atoms with Crippen molar-refractivity contribution in [3.63, 3.8) is 0 Å². The van der Waals surface area contributed by atoms with Crippen LogP contribution in [0.4, 0.5) is 5.82 Å². The number of aromatic nitrogens is 4. The molecule has 2 atom stereocenters. The summed E-state index contributed by atoms with van der Waals surface area (Å²) in [6.07, 6.45) is 4.17. The number of ether oxygens (including phenoxy) is 1. The van der Waals surface area contributed by atoms with Crippen molar-refractivity contribution >= 4 is 27.8 Å². The first kappa shape index (κ1) is 18.8. The van der Waals surface area contributed by atoms with Gasteiger partial charge in [0.2, 0.25) is 5.58 Å². The number of nitrogens with zero attached hydrogens (tertiary/aromatic N) is 4. The van der Waals surface area contributed by atoms with Crippen molar-refractivity contribution in [2.75, 3.05) is 37.7 Å². The molecule has 2 aliphatic heterocycles. The molecule has 8 heteroatoms. The summed E-state index contributed by atoms with van der Waals surface area (Å²) < 4.78 is 11.6. The highest BCUT2D eigenvalue weighted by Crippen LogP contribution is 2.36. The van der Waals surface area contributed by atoms with E-state index in [1.165, 1.54) is 0 Å². The van der Waals surface area contributed by atoms with Crippen LogP contribution in [0.1, 0.15) is 31.4 Å². The van der Waals surface area contributed by atoms with Crippen LogP contribution in [0.2, 0.25) is 0 Å². The minimum Gasteiger partial charge on any atom is -0.377 e. The van der Waals surface area contributed by atoms with E-state index in [0.29, 0.717) is 30.5 Å². The number of rotatable bonds is 3. The van der Waals surface area contributed by atoms with Crippen LogP contribution in [0.5, 0.6) is 0 Å². The first-order chi connectivity index (χ1) is 15.3. The zero-order valence-corrected chi connectivity index (χ0v) is 17.6. The van der Waals surface area contributed by atoms with E-state index < -0.39 is 0 Å². The molecule has 0 amide bonds. The molecule has 0 spiro atoms. The summed E-state index contributed by atoms with van der Waals surface area (Å²) in [6, 6.07) is 8.47. The van der Waals surface area contributed by atoms with Crippen molar-refractivity contribution in [1.29, 1.82) is 0 Å². The standard InChI is InChI=1S/C23H26N6O2/c1-14-13-30-11-10-29(14)23-21-20(19(28-31-21)15-4-3-8-24-12-15)26-22(27-23)17-5-2-6-18-16(17)7-9-25-18/h2,5-7,9,14-15,24-25H,3-4,8,10-13H2,1H3/t14-,15?/m1/s1. The molecule has 0 radical (unpaired) electrons. The Kier molecular flexibility index (Phi) is 4.61. The van der Waals surface area contributed by atoms with Gasteiger partial charge in [-0.15, -0.1) is 0 Å². The third-order valence-electron chi connectivity index (χ3n) is 6.48. The van der Waals surface area contributed by atoms with E-state index in [2.05, 4.69) is 45.5 Å². The quantitative estimate of drug-likeness (QED) is 0.526. The lowest BCUT2D eigenvalue weighted by Crippen LogP contribution is -2.44. The lowest BCUT2D eigenvalue weighted by Gasteiger charge is -2.34. The number of hydrogen-bond acceptors (Lipinski definition) is 7. The largest absolute Gasteiger partial charge is 0.377 e. The van der Waals surface area contributed by atoms with Gasteiger partial charge in [-0.3, -0.25) is 0 Å². The maximum absolute atomic E-state index is 5.91.